The quantitative estimate of drug-likeness (QED) is 0.509. The average molecular weight is 357 g/mol. The molecule has 4 rings (SSSR count). The van der Waals surface area contributed by atoms with Gasteiger partial charge in [0, 0.05) is 11.4 Å². The molecule has 1 aromatic heterocycles. The second kappa shape index (κ2) is 6.61. The van der Waals surface area contributed by atoms with Crippen molar-refractivity contribution in [2.24, 2.45) is 0 Å². The maximum absolute atomic E-state index is 12.8. The molecular formula is C22H19N3O2. The highest BCUT2D eigenvalue weighted by atomic mass is 16.5. The summed E-state index contributed by atoms with van der Waals surface area (Å²) < 4.78 is 5.35. The van der Waals surface area contributed by atoms with E-state index in [1.165, 1.54) is 0 Å². The van der Waals surface area contributed by atoms with Crippen LogP contribution < -0.4 is 11.1 Å². The fraction of sp³-hybridized carbons (Fsp3) is 0.0909. The fourth-order valence-electron chi connectivity index (χ4n) is 3.18. The first-order valence-corrected chi connectivity index (χ1v) is 8.66. The van der Waals surface area contributed by atoms with E-state index < -0.39 is 0 Å². The summed E-state index contributed by atoms with van der Waals surface area (Å²) in [6, 6.07) is 19.2. The first-order chi connectivity index (χ1) is 13.0. The lowest BCUT2D eigenvalue weighted by Crippen LogP contribution is -2.13. The van der Waals surface area contributed by atoms with E-state index in [4.69, 9.17) is 10.3 Å². The Hall–Kier alpha value is -3.60. The molecule has 1 heterocycles. The number of nitrogens with one attached hydrogen (secondary N) is 1. The molecule has 1 amide bonds. The number of anilines is 2. The second-order valence-electron chi connectivity index (χ2n) is 6.59. The predicted molar refractivity (Wildman–Crippen MR) is 108 cm³/mol. The van der Waals surface area contributed by atoms with Gasteiger partial charge < -0.3 is 15.6 Å². The number of benzene rings is 3. The summed E-state index contributed by atoms with van der Waals surface area (Å²) in [7, 11) is 0. The standard InChI is InChI=1S/C22H19N3O2/c1-13-5-3-4-6-17(13)15-7-10-20-18(12-15)21(25-27-20)22(26)24-19-9-8-16(23)11-14(19)2/h3-12H,23H2,1-2H3,(H,24,26). The largest absolute Gasteiger partial charge is 0.399 e. The number of hydrogen-bond acceptors (Lipinski definition) is 4. The minimum atomic E-state index is -0.316. The first-order valence-electron chi connectivity index (χ1n) is 8.66. The molecular weight excluding hydrogens is 338 g/mol. The van der Waals surface area contributed by atoms with E-state index in [9.17, 15) is 4.79 Å². The van der Waals surface area contributed by atoms with Crippen LogP contribution in [0.25, 0.3) is 22.1 Å². The number of nitrogen functional groups attached to an aromatic ring is 1. The third-order valence-electron chi connectivity index (χ3n) is 4.64. The number of fused-ring (bicyclic) bond motifs is 1. The molecule has 134 valence electrons. The lowest BCUT2D eigenvalue weighted by Gasteiger charge is -2.08. The summed E-state index contributed by atoms with van der Waals surface area (Å²) in [5.41, 5.74) is 12.1. The van der Waals surface area contributed by atoms with Gasteiger partial charge in [-0.05, 0) is 66.4 Å². The van der Waals surface area contributed by atoms with Crippen LogP contribution in [0.4, 0.5) is 11.4 Å². The molecule has 3 aromatic carbocycles. The highest BCUT2D eigenvalue weighted by Gasteiger charge is 2.18. The van der Waals surface area contributed by atoms with Gasteiger partial charge in [0.05, 0.1) is 5.39 Å². The number of aromatic nitrogens is 1. The van der Waals surface area contributed by atoms with Crippen LogP contribution in [0, 0.1) is 13.8 Å². The highest BCUT2D eigenvalue weighted by molar-refractivity contribution is 6.11. The van der Waals surface area contributed by atoms with Crippen molar-refractivity contribution >= 4 is 28.3 Å². The van der Waals surface area contributed by atoms with E-state index in [0.29, 0.717) is 22.3 Å². The summed E-state index contributed by atoms with van der Waals surface area (Å²) in [4.78, 5) is 12.8. The Balaban J connectivity index is 1.72. The summed E-state index contributed by atoms with van der Waals surface area (Å²) in [6.07, 6.45) is 0. The molecule has 0 unspecified atom stereocenters. The molecule has 0 saturated carbocycles. The smallest absolute Gasteiger partial charge is 0.278 e. The lowest BCUT2D eigenvalue weighted by atomic mass is 9.99. The van der Waals surface area contributed by atoms with Crippen LogP contribution in [-0.2, 0) is 0 Å². The number of hydrogen-bond donors (Lipinski definition) is 2. The normalized spacial score (nSPS) is 10.9. The number of nitrogens with two attached hydrogens (primary N) is 1. The number of nitrogens with zero attached hydrogens (tertiary/aromatic N) is 1. The third kappa shape index (κ3) is 3.15. The van der Waals surface area contributed by atoms with Crippen molar-refractivity contribution in [3.8, 4) is 11.1 Å². The van der Waals surface area contributed by atoms with Gasteiger partial charge in [-0.25, -0.2) is 0 Å². The monoisotopic (exact) mass is 357 g/mol. The van der Waals surface area contributed by atoms with Crippen molar-refractivity contribution < 1.29 is 9.32 Å². The van der Waals surface area contributed by atoms with Crippen molar-refractivity contribution in [3.63, 3.8) is 0 Å². The zero-order valence-corrected chi connectivity index (χ0v) is 15.1. The zero-order valence-electron chi connectivity index (χ0n) is 15.1. The molecule has 0 aliphatic rings. The summed E-state index contributed by atoms with van der Waals surface area (Å²) >= 11 is 0. The van der Waals surface area contributed by atoms with Crippen LogP contribution >= 0.6 is 0 Å². The molecule has 0 fully saturated rings. The number of amides is 1. The molecule has 3 N–H and O–H groups in total. The molecule has 27 heavy (non-hydrogen) atoms. The van der Waals surface area contributed by atoms with E-state index in [0.717, 1.165) is 22.3 Å². The van der Waals surface area contributed by atoms with Gasteiger partial charge in [-0.1, -0.05) is 35.5 Å². The molecule has 4 aromatic rings. The van der Waals surface area contributed by atoms with Crippen LogP contribution in [0.5, 0.6) is 0 Å². The van der Waals surface area contributed by atoms with Gasteiger partial charge in [0.25, 0.3) is 5.91 Å². The van der Waals surface area contributed by atoms with Gasteiger partial charge in [-0.3, -0.25) is 4.79 Å². The van der Waals surface area contributed by atoms with Gasteiger partial charge in [0.2, 0.25) is 0 Å². The number of aryl methyl sites for hydroxylation is 2. The summed E-state index contributed by atoms with van der Waals surface area (Å²) in [5, 5.41) is 7.55. The maximum atomic E-state index is 12.8. The summed E-state index contributed by atoms with van der Waals surface area (Å²) in [5.74, 6) is -0.316. The minimum absolute atomic E-state index is 0.261. The third-order valence-corrected chi connectivity index (χ3v) is 4.64. The maximum Gasteiger partial charge on any atom is 0.278 e. The van der Waals surface area contributed by atoms with Gasteiger partial charge in [-0.15, -0.1) is 0 Å². The molecule has 0 atom stereocenters. The lowest BCUT2D eigenvalue weighted by molar-refractivity contribution is 0.102. The summed E-state index contributed by atoms with van der Waals surface area (Å²) in [6.45, 7) is 3.95. The Morgan fingerprint density at radius 2 is 1.81 bits per heavy atom. The Morgan fingerprint density at radius 3 is 2.59 bits per heavy atom. The van der Waals surface area contributed by atoms with Gasteiger partial charge in [0.15, 0.2) is 11.3 Å². The molecule has 0 bridgehead atoms. The van der Waals surface area contributed by atoms with E-state index in [1.54, 1.807) is 12.1 Å². The van der Waals surface area contributed by atoms with Crippen molar-refractivity contribution in [2.75, 3.05) is 11.1 Å². The molecule has 0 aliphatic carbocycles. The second-order valence-corrected chi connectivity index (χ2v) is 6.59. The molecule has 0 radical (unpaired) electrons. The molecule has 0 saturated heterocycles. The predicted octanol–water partition coefficient (Wildman–Crippen LogP) is 4.95. The molecule has 5 heteroatoms. The number of carbonyl (C=O) groups is 1. The van der Waals surface area contributed by atoms with Crippen LogP contribution in [0.3, 0.4) is 0 Å². The van der Waals surface area contributed by atoms with Gasteiger partial charge in [0.1, 0.15) is 0 Å². The molecule has 0 spiro atoms. The Morgan fingerprint density at radius 1 is 1.00 bits per heavy atom. The Kier molecular flexibility index (Phi) is 4.12. The zero-order chi connectivity index (χ0) is 19.0. The first kappa shape index (κ1) is 16.8. The van der Waals surface area contributed by atoms with Crippen molar-refractivity contribution in [3.05, 3.63) is 77.5 Å². The van der Waals surface area contributed by atoms with Crippen molar-refractivity contribution in [1.82, 2.24) is 5.16 Å². The Labute approximate surface area is 156 Å². The van der Waals surface area contributed by atoms with Crippen molar-refractivity contribution in [2.45, 2.75) is 13.8 Å². The van der Waals surface area contributed by atoms with E-state index >= 15 is 0 Å². The average Bonchev–Trinajstić information content (AvgIpc) is 3.07. The van der Waals surface area contributed by atoms with Gasteiger partial charge >= 0.3 is 0 Å². The van der Waals surface area contributed by atoms with Crippen LogP contribution in [-0.4, -0.2) is 11.1 Å². The van der Waals surface area contributed by atoms with Crippen LogP contribution in [0.2, 0.25) is 0 Å². The SMILES string of the molecule is Cc1cc(N)ccc1NC(=O)c1noc2ccc(-c3ccccc3C)cc12. The van der Waals surface area contributed by atoms with Crippen LogP contribution in [0.15, 0.2) is 65.2 Å². The topological polar surface area (TPSA) is 81.1 Å². The van der Waals surface area contributed by atoms with Crippen molar-refractivity contribution in [1.29, 1.82) is 0 Å². The minimum Gasteiger partial charge on any atom is -0.399 e. The van der Waals surface area contributed by atoms with Gasteiger partial charge in [-0.2, -0.15) is 0 Å². The van der Waals surface area contributed by atoms with E-state index in [-0.39, 0.29) is 11.6 Å². The Bertz CT molecular complexity index is 1160. The number of rotatable bonds is 3. The fourth-order valence-corrected chi connectivity index (χ4v) is 3.18. The molecule has 0 aliphatic heterocycles. The highest BCUT2D eigenvalue weighted by Crippen LogP contribution is 2.29. The van der Waals surface area contributed by atoms with E-state index in [2.05, 4.69) is 29.5 Å². The number of carbonyl (C=O) groups excluding carboxylic acids is 1. The van der Waals surface area contributed by atoms with Crippen LogP contribution in [0.1, 0.15) is 21.6 Å². The molecule has 5 nitrogen and oxygen atoms in total. The van der Waals surface area contributed by atoms with E-state index in [1.807, 2.05) is 43.3 Å².